The van der Waals surface area contributed by atoms with Crippen molar-refractivity contribution >= 4 is 40.3 Å². The van der Waals surface area contributed by atoms with Crippen LogP contribution in [0.5, 0.6) is 0 Å². The molecule has 0 amide bonds. The lowest BCUT2D eigenvalue weighted by atomic mass is 10.1. The van der Waals surface area contributed by atoms with Crippen molar-refractivity contribution in [2.75, 3.05) is 12.9 Å². The highest BCUT2D eigenvalue weighted by atomic mass is 32.2. The van der Waals surface area contributed by atoms with Crippen LogP contribution in [-0.2, 0) is 21.8 Å². The largest absolute Gasteiger partial charge is 0.456 e. The van der Waals surface area contributed by atoms with Gasteiger partial charge >= 0.3 is 5.97 Å². The first-order valence-corrected chi connectivity index (χ1v) is 10.5. The maximum absolute atomic E-state index is 12.5. The van der Waals surface area contributed by atoms with Crippen LogP contribution in [0.1, 0.15) is 44.9 Å². The molecule has 152 valence electrons. The van der Waals surface area contributed by atoms with Gasteiger partial charge in [0, 0.05) is 11.3 Å². The molecular weight excluding hydrogens is 390 g/mol. The van der Waals surface area contributed by atoms with Gasteiger partial charge in [-0.25, -0.2) is 4.98 Å². The lowest BCUT2D eigenvalue weighted by Gasteiger charge is -2.09. The summed E-state index contributed by atoms with van der Waals surface area (Å²) in [5.74, 6) is 0.447. The summed E-state index contributed by atoms with van der Waals surface area (Å²) in [7, 11) is 0. The minimum Gasteiger partial charge on any atom is -0.456 e. The summed E-state index contributed by atoms with van der Waals surface area (Å²) in [6.07, 6.45) is 1.97. The number of Topliss-reactive ketones (excluding diaryl/α,β-unsaturated/α-hetero) is 2. The molecule has 0 aliphatic heterocycles. The highest BCUT2D eigenvalue weighted by molar-refractivity contribution is 7.97. The van der Waals surface area contributed by atoms with Gasteiger partial charge in [0.15, 0.2) is 12.4 Å². The molecule has 3 aromatic rings. The van der Waals surface area contributed by atoms with E-state index in [1.165, 1.54) is 6.92 Å². The number of H-pyrrole nitrogens is 1. The number of esters is 1. The second kappa shape index (κ2) is 8.65. The molecule has 0 aliphatic rings. The lowest BCUT2D eigenvalue weighted by Crippen LogP contribution is -2.20. The molecule has 0 fully saturated rings. The third-order valence-electron chi connectivity index (χ3n) is 4.73. The minimum absolute atomic E-state index is 0.0227. The Morgan fingerprint density at radius 3 is 2.59 bits per heavy atom. The van der Waals surface area contributed by atoms with Gasteiger partial charge in [0.1, 0.15) is 12.4 Å². The van der Waals surface area contributed by atoms with Crippen molar-refractivity contribution in [3.8, 4) is 0 Å². The third kappa shape index (κ3) is 4.27. The molecule has 0 saturated carbocycles. The van der Waals surface area contributed by atoms with E-state index >= 15 is 0 Å². The van der Waals surface area contributed by atoms with Gasteiger partial charge in [0.25, 0.3) is 0 Å². The number of imidazole rings is 1. The highest BCUT2D eigenvalue weighted by Crippen LogP contribution is 2.20. The molecule has 1 N–H and O–H groups in total. The third-order valence-corrected chi connectivity index (χ3v) is 5.27. The molecule has 0 aliphatic carbocycles. The number of nitrogens with zero attached hydrogens (tertiary/aromatic N) is 2. The van der Waals surface area contributed by atoms with E-state index in [1.54, 1.807) is 25.6 Å². The van der Waals surface area contributed by atoms with Crippen LogP contribution in [0.2, 0.25) is 0 Å². The fourth-order valence-corrected chi connectivity index (χ4v) is 3.97. The van der Waals surface area contributed by atoms with Gasteiger partial charge in [-0.3, -0.25) is 14.4 Å². The Hall–Kier alpha value is -2.87. The van der Waals surface area contributed by atoms with Crippen molar-refractivity contribution < 1.29 is 19.1 Å². The summed E-state index contributed by atoms with van der Waals surface area (Å²) in [6, 6.07) is 7.59. The number of fused-ring (bicyclic) bond motifs is 1. The lowest BCUT2D eigenvalue weighted by molar-refractivity contribution is -0.143. The Morgan fingerprint density at radius 2 is 1.93 bits per heavy atom. The zero-order valence-corrected chi connectivity index (χ0v) is 17.7. The number of aryl methyl sites for hydroxylation is 1. The van der Waals surface area contributed by atoms with Crippen LogP contribution >= 0.6 is 11.8 Å². The van der Waals surface area contributed by atoms with Crippen molar-refractivity contribution in [3.05, 3.63) is 52.6 Å². The van der Waals surface area contributed by atoms with Crippen molar-refractivity contribution in [2.45, 2.75) is 33.1 Å². The van der Waals surface area contributed by atoms with Crippen LogP contribution in [0.3, 0.4) is 0 Å². The summed E-state index contributed by atoms with van der Waals surface area (Å²) in [4.78, 5) is 44.2. The zero-order valence-electron chi connectivity index (χ0n) is 16.9. The van der Waals surface area contributed by atoms with E-state index in [4.69, 9.17) is 4.74 Å². The molecule has 2 heterocycles. The topological polar surface area (TPSA) is 94.1 Å². The molecule has 0 unspecified atom stereocenters. The summed E-state index contributed by atoms with van der Waals surface area (Å²) < 4.78 is 7.05. The van der Waals surface area contributed by atoms with Crippen molar-refractivity contribution in [1.82, 2.24) is 14.5 Å². The molecule has 3 rings (SSSR count). The summed E-state index contributed by atoms with van der Waals surface area (Å²) in [5, 5.41) is 0. The van der Waals surface area contributed by atoms with Crippen LogP contribution in [0.15, 0.2) is 24.3 Å². The summed E-state index contributed by atoms with van der Waals surface area (Å²) in [6.45, 7) is 4.50. The fraction of sp³-hybridized carbons (Fsp3) is 0.333. The van der Waals surface area contributed by atoms with E-state index in [-0.39, 0.29) is 24.7 Å². The Balaban J connectivity index is 1.72. The van der Waals surface area contributed by atoms with Gasteiger partial charge < -0.3 is 14.3 Å². The van der Waals surface area contributed by atoms with Gasteiger partial charge in [0.05, 0.1) is 22.5 Å². The number of ether oxygens (including phenoxy) is 1. The molecule has 0 saturated heterocycles. The van der Waals surface area contributed by atoms with Crippen LogP contribution in [-0.4, -0.2) is 44.9 Å². The Bertz CT molecular complexity index is 1100. The number of hydrogen-bond acceptors (Lipinski definition) is 6. The van der Waals surface area contributed by atoms with Gasteiger partial charge in [-0.15, -0.1) is 0 Å². The predicted molar refractivity (Wildman–Crippen MR) is 113 cm³/mol. The number of carbonyl (C=O) groups is 3. The molecule has 0 radical (unpaired) electrons. The number of aromatic amines is 1. The molecule has 29 heavy (non-hydrogen) atoms. The van der Waals surface area contributed by atoms with Gasteiger partial charge in [0.2, 0.25) is 5.78 Å². The number of para-hydroxylation sites is 2. The van der Waals surface area contributed by atoms with Crippen molar-refractivity contribution in [3.63, 3.8) is 0 Å². The molecule has 2 aromatic heterocycles. The maximum atomic E-state index is 12.5. The average molecular weight is 413 g/mol. The van der Waals surface area contributed by atoms with Crippen LogP contribution < -0.4 is 0 Å². The molecular formula is C21H23N3O4S. The summed E-state index contributed by atoms with van der Waals surface area (Å²) in [5.41, 5.74) is 3.69. The van der Waals surface area contributed by atoms with Gasteiger partial charge in [-0.2, -0.15) is 11.8 Å². The van der Waals surface area contributed by atoms with E-state index in [9.17, 15) is 14.4 Å². The zero-order chi connectivity index (χ0) is 21.1. The van der Waals surface area contributed by atoms with E-state index in [1.807, 2.05) is 35.1 Å². The number of aromatic nitrogens is 3. The Labute approximate surface area is 172 Å². The van der Waals surface area contributed by atoms with Gasteiger partial charge in [-0.05, 0) is 44.7 Å². The van der Waals surface area contributed by atoms with E-state index in [2.05, 4.69) is 9.97 Å². The molecule has 7 nitrogen and oxygen atoms in total. The first-order valence-electron chi connectivity index (χ1n) is 9.15. The van der Waals surface area contributed by atoms with E-state index in [0.717, 1.165) is 16.9 Å². The predicted octanol–water partition coefficient (Wildman–Crippen LogP) is 3.47. The average Bonchev–Trinajstić information content (AvgIpc) is 3.17. The molecule has 1 aromatic carbocycles. The van der Waals surface area contributed by atoms with Crippen molar-refractivity contribution in [1.29, 1.82) is 0 Å². The number of ketones is 2. The fourth-order valence-electron chi connectivity index (χ4n) is 3.49. The summed E-state index contributed by atoms with van der Waals surface area (Å²) >= 11 is 1.61. The van der Waals surface area contributed by atoms with Crippen LogP contribution in [0.25, 0.3) is 11.0 Å². The number of thioether (sulfide) groups is 1. The molecule has 0 spiro atoms. The monoisotopic (exact) mass is 413 g/mol. The SMILES string of the molecule is CSCc1nc2ccccc2n1CC(=O)OCC(=O)c1[nH]c(C)c(C(C)=O)c1C. The Morgan fingerprint density at radius 1 is 1.21 bits per heavy atom. The first kappa shape index (κ1) is 20.9. The van der Waals surface area contributed by atoms with Gasteiger partial charge in [-0.1, -0.05) is 12.1 Å². The minimum atomic E-state index is -0.517. The molecule has 0 atom stereocenters. The normalized spacial score (nSPS) is 11.0. The second-order valence-electron chi connectivity index (χ2n) is 6.80. The standard InChI is InChI=1S/C21H23N3O4S/c1-12-20(14(3)25)13(2)22-21(12)17(26)10-28-19(27)9-24-16-8-6-5-7-15(16)23-18(24)11-29-4/h5-8,22H,9-11H2,1-4H3. The molecule has 0 bridgehead atoms. The Kier molecular flexibility index (Phi) is 6.22. The highest BCUT2D eigenvalue weighted by Gasteiger charge is 2.21. The quantitative estimate of drug-likeness (QED) is 0.449. The molecule has 8 heteroatoms. The number of hydrogen-bond donors (Lipinski definition) is 1. The number of rotatable bonds is 8. The van der Waals surface area contributed by atoms with E-state index < -0.39 is 5.97 Å². The number of carbonyl (C=O) groups excluding carboxylic acids is 3. The number of nitrogens with one attached hydrogen (secondary N) is 1. The maximum Gasteiger partial charge on any atom is 0.326 e. The smallest absolute Gasteiger partial charge is 0.326 e. The second-order valence-corrected chi connectivity index (χ2v) is 7.67. The first-order chi connectivity index (χ1) is 13.8. The van der Waals surface area contributed by atoms with Crippen LogP contribution in [0, 0.1) is 13.8 Å². The van der Waals surface area contributed by atoms with E-state index in [0.29, 0.717) is 28.3 Å². The van der Waals surface area contributed by atoms with Crippen LogP contribution in [0.4, 0.5) is 0 Å². The van der Waals surface area contributed by atoms with Crippen molar-refractivity contribution in [2.24, 2.45) is 0 Å². The number of benzene rings is 1.